The zero-order chi connectivity index (χ0) is 10.9. The van der Waals surface area contributed by atoms with Gasteiger partial charge in [0.05, 0.1) is 6.61 Å². The predicted molar refractivity (Wildman–Crippen MR) is 68.7 cm³/mol. The minimum atomic E-state index is 0.707. The van der Waals surface area contributed by atoms with Crippen molar-refractivity contribution in [2.24, 2.45) is 0 Å². The van der Waals surface area contributed by atoms with E-state index in [9.17, 15) is 0 Å². The first-order valence-corrected chi connectivity index (χ1v) is 7.32. The van der Waals surface area contributed by atoms with Crippen molar-refractivity contribution < 1.29 is 4.74 Å². The van der Waals surface area contributed by atoms with Crippen molar-refractivity contribution in [3.8, 4) is 0 Å². The molecule has 0 saturated carbocycles. The highest BCUT2D eigenvalue weighted by Crippen LogP contribution is 2.24. The molecule has 1 heterocycles. The molecule has 0 radical (unpaired) electrons. The van der Waals surface area contributed by atoms with Gasteiger partial charge in [-0.2, -0.15) is 11.8 Å². The lowest BCUT2D eigenvalue weighted by atomic mass is 10.1. The highest BCUT2D eigenvalue weighted by atomic mass is 32.2. The lowest BCUT2D eigenvalue weighted by Gasteiger charge is -2.29. The number of nitrogens with one attached hydrogen (secondary N) is 1. The molecule has 1 aliphatic rings. The summed E-state index contributed by atoms with van der Waals surface area (Å²) in [6.07, 6.45) is 5.12. The second-order valence-corrected chi connectivity index (χ2v) is 5.73. The Bertz CT molecular complexity index is 155. The molecule has 2 nitrogen and oxygen atoms in total. The highest BCUT2D eigenvalue weighted by Gasteiger charge is 2.20. The first-order valence-electron chi connectivity index (χ1n) is 6.27. The Balaban J connectivity index is 1.94. The van der Waals surface area contributed by atoms with E-state index in [1.54, 1.807) is 0 Å². The maximum atomic E-state index is 5.53. The Kier molecular flexibility index (Phi) is 7.49. The van der Waals surface area contributed by atoms with Gasteiger partial charge in [0.1, 0.15) is 0 Å². The van der Waals surface area contributed by atoms with Gasteiger partial charge in [-0.3, -0.25) is 0 Å². The third kappa shape index (κ3) is 5.79. The quantitative estimate of drug-likeness (QED) is 0.681. The van der Waals surface area contributed by atoms with Crippen molar-refractivity contribution in [1.29, 1.82) is 0 Å². The fourth-order valence-electron chi connectivity index (χ4n) is 1.86. The van der Waals surface area contributed by atoms with E-state index >= 15 is 0 Å². The van der Waals surface area contributed by atoms with E-state index < -0.39 is 0 Å². The molecule has 0 aliphatic carbocycles. The van der Waals surface area contributed by atoms with Gasteiger partial charge in [0, 0.05) is 24.4 Å². The van der Waals surface area contributed by atoms with E-state index in [0.717, 1.165) is 25.0 Å². The topological polar surface area (TPSA) is 21.3 Å². The zero-order valence-corrected chi connectivity index (χ0v) is 10.9. The minimum absolute atomic E-state index is 0.707. The Hall–Kier alpha value is 0.270. The molecule has 15 heavy (non-hydrogen) atoms. The summed E-state index contributed by atoms with van der Waals surface area (Å²) in [7, 11) is 0. The molecule has 1 N–H and O–H groups in total. The Morgan fingerprint density at radius 2 is 2.27 bits per heavy atom. The van der Waals surface area contributed by atoms with Crippen molar-refractivity contribution >= 4 is 11.8 Å². The number of thioether (sulfide) groups is 1. The van der Waals surface area contributed by atoms with Crippen LogP contribution in [0.3, 0.4) is 0 Å². The number of rotatable bonds is 7. The van der Waals surface area contributed by atoms with Crippen LogP contribution in [0.4, 0.5) is 0 Å². The SMILES string of the molecule is CCCCOCCNC1CCCSC1C. The van der Waals surface area contributed by atoms with Crippen molar-refractivity contribution in [3.63, 3.8) is 0 Å². The molecule has 1 aliphatic heterocycles. The van der Waals surface area contributed by atoms with Crippen LogP contribution in [0.25, 0.3) is 0 Å². The summed E-state index contributed by atoms with van der Waals surface area (Å²) in [5, 5.41) is 4.38. The van der Waals surface area contributed by atoms with E-state index in [4.69, 9.17) is 4.74 Å². The molecular weight excluding hydrogens is 206 g/mol. The van der Waals surface area contributed by atoms with E-state index in [-0.39, 0.29) is 0 Å². The molecule has 1 rings (SSSR count). The summed E-state index contributed by atoms with van der Waals surface area (Å²) >= 11 is 2.09. The molecule has 2 atom stereocenters. The van der Waals surface area contributed by atoms with E-state index in [2.05, 4.69) is 30.9 Å². The maximum Gasteiger partial charge on any atom is 0.0591 e. The average Bonchev–Trinajstić information content (AvgIpc) is 2.25. The Morgan fingerprint density at radius 1 is 1.40 bits per heavy atom. The van der Waals surface area contributed by atoms with E-state index in [0.29, 0.717) is 6.04 Å². The van der Waals surface area contributed by atoms with Gasteiger partial charge in [0.25, 0.3) is 0 Å². The third-order valence-electron chi connectivity index (χ3n) is 2.90. The van der Waals surface area contributed by atoms with Gasteiger partial charge in [0.2, 0.25) is 0 Å². The van der Waals surface area contributed by atoms with Crippen molar-refractivity contribution in [2.45, 2.75) is 50.8 Å². The van der Waals surface area contributed by atoms with Crippen LogP contribution in [-0.4, -0.2) is 36.8 Å². The molecule has 0 aromatic rings. The van der Waals surface area contributed by atoms with Gasteiger partial charge in [-0.15, -0.1) is 0 Å². The van der Waals surface area contributed by atoms with Gasteiger partial charge >= 0.3 is 0 Å². The lowest BCUT2D eigenvalue weighted by molar-refractivity contribution is 0.130. The molecule has 0 aromatic carbocycles. The molecule has 1 fully saturated rings. The molecule has 0 spiro atoms. The monoisotopic (exact) mass is 231 g/mol. The van der Waals surface area contributed by atoms with Crippen LogP contribution in [0, 0.1) is 0 Å². The molecule has 2 unspecified atom stereocenters. The molecule has 0 amide bonds. The normalized spacial score (nSPS) is 26.8. The number of hydrogen-bond acceptors (Lipinski definition) is 3. The third-order valence-corrected chi connectivity index (χ3v) is 4.28. The summed E-state index contributed by atoms with van der Waals surface area (Å²) in [6.45, 7) is 7.34. The maximum absolute atomic E-state index is 5.53. The van der Waals surface area contributed by atoms with Gasteiger partial charge in [-0.25, -0.2) is 0 Å². The molecule has 0 bridgehead atoms. The van der Waals surface area contributed by atoms with Gasteiger partial charge < -0.3 is 10.1 Å². The highest BCUT2D eigenvalue weighted by molar-refractivity contribution is 7.99. The largest absolute Gasteiger partial charge is 0.380 e. The predicted octanol–water partition coefficient (Wildman–Crippen LogP) is 2.68. The summed E-state index contributed by atoms with van der Waals surface area (Å²) in [4.78, 5) is 0. The first kappa shape index (κ1) is 13.3. The molecule has 3 heteroatoms. The zero-order valence-electron chi connectivity index (χ0n) is 10.1. The molecule has 0 aromatic heterocycles. The Morgan fingerprint density at radius 3 is 3.00 bits per heavy atom. The van der Waals surface area contributed by atoms with E-state index in [1.807, 2.05) is 0 Å². The Labute approximate surface area is 98.5 Å². The van der Waals surface area contributed by atoms with Crippen LogP contribution in [-0.2, 0) is 4.74 Å². The second kappa shape index (κ2) is 8.43. The van der Waals surface area contributed by atoms with Crippen LogP contribution in [0.2, 0.25) is 0 Å². The number of unbranched alkanes of at least 4 members (excludes halogenated alkanes) is 1. The minimum Gasteiger partial charge on any atom is -0.380 e. The molecule has 1 saturated heterocycles. The summed E-state index contributed by atoms with van der Waals surface area (Å²) in [5.41, 5.74) is 0. The summed E-state index contributed by atoms with van der Waals surface area (Å²) < 4.78 is 5.53. The molecule has 90 valence electrons. The van der Waals surface area contributed by atoms with Gasteiger partial charge in [-0.1, -0.05) is 20.3 Å². The lowest BCUT2D eigenvalue weighted by Crippen LogP contribution is -2.40. The van der Waals surface area contributed by atoms with Crippen molar-refractivity contribution in [3.05, 3.63) is 0 Å². The fourth-order valence-corrected chi connectivity index (χ4v) is 3.03. The van der Waals surface area contributed by atoms with Crippen LogP contribution in [0.15, 0.2) is 0 Å². The fraction of sp³-hybridized carbons (Fsp3) is 1.00. The average molecular weight is 231 g/mol. The van der Waals surface area contributed by atoms with Crippen molar-refractivity contribution in [2.75, 3.05) is 25.5 Å². The standard InChI is InChI=1S/C12H25NOS/c1-3-4-8-14-9-7-13-12-6-5-10-15-11(12)2/h11-13H,3-10H2,1-2H3. The van der Waals surface area contributed by atoms with E-state index in [1.165, 1.54) is 31.4 Å². The van der Waals surface area contributed by atoms with Gasteiger partial charge in [-0.05, 0) is 25.0 Å². The van der Waals surface area contributed by atoms with Crippen molar-refractivity contribution in [1.82, 2.24) is 5.32 Å². The summed E-state index contributed by atoms with van der Waals surface area (Å²) in [6, 6.07) is 0.707. The van der Waals surface area contributed by atoms with Gasteiger partial charge in [0.15, 0.2) is 0 Å². The van der Waals surface area contributed by atoms with Crippen LogP contribution >= 0.6 is 11.8 Å². The van der Waals surface area contributed by atoms with Crippen LogP contribution < -0.4 is 5.32 Å². The smallest absolute Gasteiger partial charge is 0.0591 e. The van der Waals surface area contributed by atoms with Crippen LogP contribution in [0.1, 0.15) is 39.5 Å². The van der Waals surface area contributed by atoms with Crippen LogP contribution in [0.5, 0.6) is 0 Å². The number of ether oxygens (including phenoxy) is 1. The molecular formula is C12H25NOS. The second-order valence-electron chi connectivity index (χ2n) is 4.24. The first-order chi connectivity index (χ1) is 7.34. The summed E-state index contributed by atoms with van der Waals surface area (Å²) in [5.74, 6) is 1.34. The number of hydrogen-bond donors (Lipinski definition) is 1.